The molecular formula is C23H18O5. The predicted molar refractivity (Wildman–Crippen MR) is 106 cm³/mol. The third kappa shape index (κ3) is 3.47. The summed E-state index contributed by atoms with van der Waals surface area (Å²) in [5.41, 5.74) is 1.62. The first-order valence-electron chi connectivity index (χ1n) is 8.90. The number of rotatable bonds is 4. The molecule has 1 N–H and O–H groups in total. The maximum Gasteiger partial charge on any atom is 0.336 e. The van der Waals surface area contributed by atoms with E-state index in [1.165, 1.54) is 12.1 Å². The Morgan fingerprint density at radius 3 is 2.64 bits per heavy atom. The second kappa shape index (κ2) is 7.19. The first-order chi connectivity index (χ1) is 13.5. The van der Waals surface area contributed by atoms with Crippen molar-refractivity contribution in [3.05, 3.63) is 87.8 Å². The van der Waals surface area contributed by atoms with Crippen LogP contribution < -0.4 is 5.63 Å². The molecule has 0 atom stereocenters. The summed E-state index contributed by atoms with van der Waals surface area (Å²) in [7, 11) is 0. The van der Waals surface area contributed by atoms with Gasteiger partial charge in [-0.1, -0.05) is 42.5 Å². The van der Waals surface area contributed by atoms with Crippen LogP contribution in [-0.4, -0.2) is 11.1 Å². The molecule has 0 bridgehead atoms. The van der Waals surface area contributed by atoms with E-state index in [1.54, 1.807) is 13.0 Å². The van der Waals surface area contributed by atoms with Crippen molar-refractivity contribution in [2.75, 3.05) is 0 Å². The van der Waals surface area contributed by atoms with Crippen LogP contribution in [0.2, 0.25) is 0 Å². The van der Waals surface area contributed by atoms with Crippen LogP contribution in [0, 0.1) is 6.92 Å². The van der Waals surface area contributed by atoms with Gasteiger partial charge in [0, 0.05) is 22.6 Å². The Labute approximate surface area is 160 Å². The summed E-state index contributed by atoms with van der Waals surface area (Å²) >= 11 is 0. The highest BCUT2D eigenvalue weighted by atomic mass is 16.5. The zero-order valence-corrected chi connectivity index (χ0v) is 15.3. The van der Waals surface area contributed by atoms with Gasteiger partial charge in [0.05, 0.1) is 6.42 Å². The lowest BCUT2D eigenvalue weighted by atomic mass is 10.1. The van der Waals surface area contributed by atoms with Gasteiger partial charge in [0.25, 0.3) is 0 Å². The van der Waals surface area contributed by atoms with Gasteiger partial charge in [-0.2, -0.15) is 0 Å². The maximum absolute atomic E-state index is 12.3. The van der Waals surface area contributed by atoms with Gasteiger partial charge >= 0.3 is 11.6 Å². The first kappa shape index (κ1) is 17.8. The van der Waals surface area contributed by atoms with Crippen molar-refractivity contribution in [2.45, 2.75) is 20.0 Å². The number of esters is 1. The summed E-state index contributed by atoms with van der Waals surface area (Å²) in [6.45, 7) is 1.62. The average Bonchev–Trinajstić information content (AvgIpc) is 2.69. The van der Waals surface area contributed by atoms with Gasteiger partial charge < -0.3 is 14.3 Å². The van der Waals surface area contributed by atoms with Gasteiger partial charge in [0.1, 0.15) is 17.9 Å². The summed E-state index contributed by atoms with van der Waals surface area (Å²) in [5.74, 6) is -0.340. The normalized spacial score (nSPS) is 11.0. The quantitative estimate of drug-likeness (QED) is 0.427. The number of carbonyl (C=O) groups excluding carboxylic acids is 1. The molecule has 0 saturated heterocycles. The molecule has 4 aromatic rings. The maximum atomic E-state index is 12.3. The number of hydrogen-bond acceptors (Lipinski definition) is 5. The molecule has 0 radical (unpaired) electrons. The second-order valence-electron chi connectivity index (χ2n) is 6.70. The molecule has 3 aromatic carbocycles. The summed E-state index contributed by atoms with van der Waals surface area (Å²) in [6.07, 6.45) is 0.143. The molecule has 0 spiro atoms. The zero-order chi connectivity index (χ0) is 19.7. The Kier molecular flexibility index (Phi) is 4.57. The van der Waals surface area contributed by atoms with Gasteiger partial charge in [-0.3, -0.25) is 4.79 Å². The fraction of sp³-hybridized carbons (Fsp3) is 0.130. The van der Waals surface area contributed by atoms with Gasteiger partial charge in [-0.05, 0) is 35.4 Å². The molecule has 5 heteroatoms. The third-order valence-electron chi connectivity index (χ3n) is 4.77. The average molecular weight is 374 g/mol. The molecule has 0 saturated carbocycles. The highest BCUT2D eigenvalue weighted by Gasteiger charge is 2.13. The summed E-state index contributed by atoms with van der Waals surface area (Å²) < 4.78 is 10.6. The van der Waals surface area contributed by atoms with E-state index in [1.807, 2.05) is 42.5 Å². The van der Waals surface area contributed by atoms with Crippen LogP contribution in [0.4, 0.5) is 0 Å². The minimum absolute atomic E-state index is 0.0427. The van der Waals surface area contributed by atoms with E-state index < -0.39 is 5.63 Å². The van der Waals surface area contributed by atoms with Crippen LogP contribution in [0.25, 0.3) is 21.7 Å². The lowest BCUT2D eigenvalue weighted by Crippen LogP contribution is -2.10. The van der Waals surface area contributed by atoms with Crippen LogP contribution in [0.3, 0.4) is 0 Å². The molecule has 0 fully saturated rings. The number of ether oxygens (including phenoxy) is 1. The molecule has 0 unspecified atom stereocenters. The third-order valence-corrected chi connectivity index (χ3v) is 4.77. The molecule has 4 rings (SSSR count). The van der Waals surface area contributed by atoms with Gasteiger partial charge in [-0.15, -0.1) is 0 Å². The Morgan fingerprint density at radius 2 is 1.82 bits per heavy atom. The molecule has 1 heterocycles. The molecule has 0 amide bonds. The van der Waals surface area contributed by atoms with E-state index in [9.17, 15) is 14.7 Å². The minimum Gasteiger partial charge on any atom is -0.508 e. The minimum atomic E-state index is -0.554. The molecule has 0 aliphatic rings. The number of aryl methyl sites for hydroxylation is 1. The van der Waals surface area contributed by atoms with Crippen LogP contribution in [-0.2, 0) is 22.6 Å². The molecular weight excluding hydrogens is 356 g/mol. The fourth-order valence-corrected chi connectivity index (χ4v) is 3.26. The topological polar surface area (TPSA) is 76.7 Å². The SMILES string of the molecule is Cc1c(O)ccc2c(COC(=O)Cc3ccc4ccccc4c3)cc(=O)oc12. The van der Waals surface area contributed by atoms with Crippen LogP contribution in [0.15, 0.2) is 69.9 Å². The predicted octanol–water partition coefficient (Wildman–Crippen LogP) is 4.25. The van der Waals surface area contributed by atoms with Gasteiger partial charge in [-0.25, -0.2) is 4.79 Å². The lowest BCUT2D eigenvalue weighted by molar-refractivity contribution is -0.144. The van der Waals surface area contributed by atoms with Crippen molar-refractivity contribution >= 4 is 27.7 Å². The van der Waals surface area contributed by atoms with E-state index in [-0.39, 0.29) is 24.7 Å². The van der Waals surface area contributed by atoms with Crippen molar-refractivity contribution in [3.8, 4) is 5.75 Å². The van der Waals surface area contributed by atoms with Crippen molar-refractivity contribution in [1.29, 1.82) is 0 Å². The highest BCUT2D eigenvalue weighted by molar-refractivity contribution is 5.86. The number of carbonyl (C=O) groups is 1. The molecule has 0 aliphatic carbocycles. The van der Waals surface area contributed by atoms with E-state index in [0.717, 1.165) is 16.3 Å². The van der Waals surface area contributed by atoms with E-state index in [4.69, 9.17) is 9.15 Å². The van der Waals surface area contributed by atoms with Crippen LogP contribution in [0.1, 0.15) is 16.7 Å². The number of aromatic hydroxyl groups is 1. The number of phenols is 1. The van der Waals surface area contributed by atoms with E-state index in [0.29, 0.717) is 22.1 Å². The molecule has 28 heavy (non-hydrogen) atoms. The monoisotopic (exact) mass is 374 g/mol. The van der Waals surface area contributed by atoms with E-state index in [2.05, 4.69) is 0 Å². The first-order valence-corrected chi connectivity index (χ1v) is 8.90. The molecule has 0 aliphatic heterocycles. The number of fused-ring (bicyclic) bond motifs is 2. The zero-order valence-electron chi connectivity index (χ0n) is 15.3. The molecule has 5 nitrogen and oxygen atoms in total. The smallest absolute Gasteiger partial charge is 0.336 e. The van der Waals surface area contributed by atoms with Crippen molar-refractivity contribution < 1.29 is 19.1 Å². The number of phenolic OH excluding ortho intramolecular Hbond substituents is 1. The number of hydrogen-bond donors (Lipinski definition) is 1. The van der Waals surface area contributed by atoms with Crippen LogP contribution >= 0.6 is 0 Å². The van der Waals surface area contributed by atoms with E-state index >= 15 is 0 Å². The lowest BCUT2D eigenvalue weighted by Gasteiger charge is -2.09. The van der Waals surface area contributed by atoms with Crippen LogP contribution in [0.5, 0.6) is 5.75 Å². The van der Waals surface area contributed by atoms with Crippen molar-refractivity contribution in [1.82, 2.24) is 0 Å². The Balaban J connectivity index is 1.53. The fourth-order valence-electron chi connectivity index (χ4n) is 3.26. The highest BCUT2D eigenvalue weighted by Crippen LogP contribution is 2.27. The Morgan fingerprint density at radius 1 is 1.04 bits per heavy atom. The number of benzene rings is 3. The summed E-state index contributed by atoms with van der Waals surface area (Å²) in [6, 6.07) is 18.3. The second-order valence-corrected chi connectivity index (χ2v) is 6.70. The van der Waals surface area contributed by atoms with Gasteiger partial charge in [0.2, 0.25) is 0 Å². The largest absolute Gasteiger partial charge is 0.508 e. The molecule has 1 aromatic heterocycles. The standard InChI is InChI=1S/C23H18O5/c1-14-20(24)9-8-19-18(12-22(26)28-23(14)19)13-27-21(25)11-15-6-7-16-4-2-3-5-17(16)10-15/h2-10,12,24H,11,13H2,1H3. The Bertz CT molecular complexity index is 1250. The van der Waals surface area contributed by atoms with Crippen molar-refractivity contribution in [3.63, 3.8) is 0 Å². The Hall–Kier alpha value is -3.60. The molecule has 140 valence electrons. The van der Waals surface area contributed by atoms with Gasteiger partial charge in [0.15, 0.2) is 0 Å². The summed E-state index contributed by atoms with van der Waals surface area (Å²) in [4.78, 5) is 24.1. The summed E-state index contributed by atoms with van der Waals surface area (Å²) in [5, 5.41) is 12.6. The van der Waals surface area contributed by atoms with Crippen molar-refractivity contribution in [2.24, 2.45) is 0 Å².